The van der Waals surface area contributed by atoms with Gasteiger partial charge in [-0.15, -0.1) is 0 Å². The average Bonchev–Trinajstić information content (AvgIpc) is 3.33. The highest BCUT2D eigenvalue weighted by atomic mass is 16.7. The highest BCUT2D eigenvalue weighted by Gasteiger charge is 2.64. The predicted octanol–water partition coefficient (Wildman–Crippen LogP) is -0.487. The quantitative estimate of drug-likeness (QED) is 0.477. The van der Waals surface area contributed by atoms with Crippen LogP contribution in [-0.4, -0.2) is 62.8 Å². The van der Waals surface area contributed by atoms with Gasteiger partial charge in [-0.1, -0.05) is 26.7 Å². The number of likely N-dealkylation sites (tertiary alicyclic amines) is 1. The summed E-state index contributed by atoms with van der Waals surface area (Å²) in [7, 11) is 0. The second-order valence-electron chi connectivity index (χ2n) is 10.8. The number of benzene rings is 1. The lowest BCUT2D eigenvalue weighted by Crippen LogP contribution is -3.27. The number of carbonyl (C=O) groups excluding carboxylic acids is 2. The maximum atomic E-state index is 13.1. The van der Waals surface area contributed by atoms with Crippen molar-refractivity contribution < 1.29 is 28.9 Å². The van der Waals surface area contributed by atoms with E-state index in [2.05, 4.69) is 37.8 Å². The normalized spacial score (nSPS) is 32.0. The third kappa shape index (κ3) is 3.79. The van der Waals surface area contributed by atoms with Crippen LogP contribution >= 0.6 is 0 Å². The largest absolute Gasteiger partial charge is 0.454 e. The van der Waals surface area contributed by atoms with Crippen LogP contribution in [0.15, 0.2) is 18.2 Å². The topological polar surface area (TPSA) is 64.7 Å². The Balaban J connectivity index is 1.10. The van der Waals surface area contributed by atoms with Gasteiger partial charge >= 0.3 is 0 Å². The summed E-state index contributed by atoms with van der Waals surface area (Å²) in [5, 5.41) is 0. The van der Waals surface area contributed by atoms with E-state index in [1.54, 1.807) is 4.90 Å². The lowest BCUT2D eigenvalue weighted by Gasteiger charge is -2.47. The van der Waals surface area contributed by atoms with E-state index in [1.807, 2.05) is 13.0 Å². The van der Waals surface area contributed by atoms with E-state index in [1.165, 1.54) is 15.4 Å². The predicted molar refractivity (Wildman–Crippen MR) is 122 cm³/mol. The molecule has 7 nitrogen and oxygen atoms in total. The molecule has 3 fully saturated rings. The average molecular weight is 454 g/mol. The first kappa shape index (κ1) is 22.2. The third-order valence-electron chi connectivity index (χ3n) is 8.76. The number of carbonyl (C=O) groups is 2. The van der Waals surface area contributed by atoms with Gasteiger partial charge in [0.2, 0.25) is 18.6 Å². The van der Waals surface area contributed by atoms with Crippen LogP contribution in [0.1, 0.15) is 39.2 Å². The lowest BCUT2D eigenvalue weighted by atomic mass is 9.62. The molecule has 0 aromatic heterocycles. The molecule has 176 valence electrons. The van der Waals surface area contributed by atoms with Crippen molar-refractivity contribution in [3.05, 3.63) is 23.8 Å². The molecule has 1 aromatic carbocycles. The number of hydrogen-bond donors (Lipinski definition) is 2. The molecule has 2 saturated heterocycles. The Bertz CT molecular complexity index is 1020. The summed E-state index contributed by atoms with van der Waals surface area (Å²) in [6.07, 6.45) is 1.60. The van der Waals surface area contributed by atoms with Crippen LogP contribution in [0.25, 0.3) is 0 Å². The number of nitrogens with one attached hydrogen (secondary N) is 2. The summed E-state index contributed by atoms with van der Waals surface area (Å²) in [6, 6.07) is 6.22. The SMILES string of the molecule is CC1(C)[C@@H]2CC[C@]1(C)C(=O)N(CC#CC[NH+]1CC[NH+](Cc3ccc4c(c3)OCO4)CC1)C2=O. The number of quaternary nitrogens is 2. The van der Waals surface area contributed by atoms with E-state index in [0.29, 0.717) is 6.79 Å². The van der Waals surface area contributed by atoms with Gasteiger partial charge in [-0.3, -0.25) is 14.5 Å². The highest BCUT2D eigenvalue weighted by Crippen LogP contribution is 2.59. The molecule has 2 atom stereocenters. The zero-order valence-corrected chi connectivity index (χ0v) is 20.0. The Morgan fingerprint density at radius 3 is 2.55 bits per heavy atom. The Hall–Kier alpha value is -2.56. The molecule has 2 bridgehead atoms. The van der Waals surface area contributed by atoms with E-state index in [9.17, 15) is 9.59 Å². The van der Waals surface area contributed by atoms with Crippen molar-refractivity contribution in [2.45, 2.75) is 40.2 Å². The van der Waals surface area contributed by atoms with Gasteiger partial charge in [0.25, 0.3) is 0 Å². The molecule has 2 amide bonds. The van der Waals surface area contributed by atoms with E-state index in [0.717, 1.165) is 63.6 Å². The summed E-state index contributed by atoms with van der Waals surface area (Å²) in [5.74, 6) is 7.94. The summed E-state index contributed by atoms with van der Waals surface area (Å²) < 4.78 is 10.9. The number of nitrogens with zero attached hydrogens (tertiary/aromatic N) is 1. The van der Waals surface area contributed by atoms with Crippen LogP contribution in [0, 0.1) is 28.6 Å². The van der Waals surface area contributed by atoms with Gasteiger partial charge in [0.1, 0.15) is 39.3 Å². The Labute approximate surface area is 196 Å². The van der Waals surface area contributed by atoms with Gasteiger partial charge in [-0.2, -0.15) is 0 Å². The first-order valence-electron chi connectivity index (χ1n) is 12.2. The Kier molecular flexibility index (Phi) is 5.62. The fraction of sp³-hybridized carbons (Fsp3) is 0.615. The molecule has 3 aliphatic heterocycles. The molecule has 1 saturated carbocycles. The van der Waals surface area contributed by atoms with Gasteiger partial charge in [0, 0.05) is 11.5 Å². The van der Waals surface area contributed by atoms with Gasteiger partial charge < -0.3 is 19.3 Å². The molecule has 0 spiro atoms. The van der Waals surface area contributed by atoms with Crippen LogP contribution in [-0.2, 0) is 16.1 Å². The minimum absolute atomic E-state index is 0.0256. The van der Waals surface area contributed by atoms with Crippen LogP contribution in [0.3, 0.4) is 0 Å². The maximum absolute atomic E-state index is 13.1. The van der Waals surface area contributed by atoms with Crippen LogP contribution in [0.5, 0.6) is 11.5 Å². The molecule has 7 heteroatoms. The number of hydrogen-bond acceptors (Lipinski definition) is 4. The number of imide groups is 1. The number of fused-ring (bicyclic) bond motifs is 3. The molecular formula is C26H35N3O4+2. The maximum Gasteiger partial charge on any atom is 0.236 e. The second-order valence-corrected chi connectivity index (χ2v) is 10.8. The molecule has 2 N–H and O–H groups in total. The van der Waals surface area contributed by atoms with Crippen molar-refractivity contribution in [2.75, 3.05) is 46.1 Å². The standard InChI is InChI=1S/C26H33N3O4/c1-25(2)20-8-9-26(25,3)24(31)29(23(20)30)11-5-4-10-27-12-14-28(15-13-27)17-19-6-7-21-22(16-19)33-18-32-21/h6-7,16,20H,8-15,17-18H2,1-3H3/p+2/t20-,26-/m1/s1. The minimum Gasteiger partial charge on any atom is -0.454 e. The molecule has 1 aliphatic carbocycles. The molecule has 3 heterocycles. The number of ether oxygens (including phenoxy) is 2. The van der Waals surface area contributed by atoms with Crippen molar-refractivity contribution >= 4 is 11.8 Å². The Morgan fingerprint density at radius 2 is 1.76 bits per heavy atom. The minimum atomic E-state index is -0.449. The zero-order valence-electron chi connectivity index (χ0n) is 20.0. The fourth-order valence-electron chi connectivity index (χ4n) is 6.02. The second kappa shape index (κ2) is 8.34. The van der Waals surface area contributed by atoms with Crippen molar-refractivity contribution in [3.8, 4) is 23.3 Å². The van der Waals surface area contributed by atoms with E-state index in [4.69, 9.17) is 9.47 Å². The first-order chi connectivity index (χ1) is 15.8. The molecule has 5 rings (SSSR count). The lowest BCUT2D eigenvalue weighted by molar-refractivity contribution is -1.02. The smallest absolute Gasteiger partial charge is 0.236 e. The molecular weight excluding hydrogens is 418 g/mol. The molecule has 4 aliphatic rings. The van der Waals surface area contributed by atoms with Gasteiger partial charge in [0.15, 0.2) is 11.5 Å². The highest BCUT2D eigenvalue weighted by molar-refractivity contribution is 6.04. The molecule has 1 aromatic rings. The number of rotatable bonds is 4. The zero-order chi connectivity index (χ0) is 23.2. The Morgan fingerprint density at radius 1 is 1.03 bits per heavy atom. The summed E-state index contributed by atoms with van der Waals surface area (Å²) in [6.45, 7) is 12.8. The number of amides is 2. The van der Waals surface area contributed by atoms with Crippen molar-refractivity contribution in [1.82, 2.24) is 4.90 Å². The van der Waals surface area contributed by atoms with Crippen molar-refractivity contribution in [1.29, 1.82) is 0 Å². The summed E-state index contributed by atoms with van der Waals surface area (Å²) in [4.78, 5) is 30.5. The number of piperidine rings is 1. The van der Waals surface area contributed by atoms with Crippen LogP contribution in [0.4, 0.5) is 0 Å². The summed E-state index contributed by atoms with van der Waals surface area (Å²) in [5.41, 5.74) is 0.562. The van der Waals surface area contributed by atoms with Gasteiger partial charge in [-0.25, -0.2) is 0 Å². The van der Waals surface area contributed by atoms with E-state index in [-0.39, 0.29) is 29.7 Å². The first-order valence-corrected chi connectivity index (χ1v) is 12.2. The van der Waals surface area contributed by atoms with Crippen molar-refractivity contribution in [3.63, 3.8) is 0 Å². The molecule has 33 heavy (non-hydrogen) atoms. The van der Waals surface area contributed by atoms with Gasteiger partial charge in [0.05, 0.1) is 12.0 Å². The van der Waals surface area contributed by atoms with Crippen molar-refractivity contribution in [2.24, 2.45) is 16.7 Å². The van der Waals surface area contributed by atoms with Crippen LogP contribution in [0.2, 0.25) is 0 Å². The fourth-order valence-corrected chi connectivity index (χ4v) is 6.02. The third-order valence-corrected chi connectivity index (χ3v) is 8.76. The van der Waals surface area contributed by atoms with Crippen LogP contribution < -0.4 is 19.3 Å². The number of piperazine rings is 1. The molecule has 0 radical (unpaired) electrons. The van der Waals surface area contributed by atoms with Gasteiger partial charge in [-0.05, 0) is 42.4 Å². The summed E-state index contributed by atoms with van der Waals surface area (Å²) >= 11 is 0. The monoisotopic (exact) mass is 453 g/mol. The van der Waals surface area contributed by atoms with E-state index < -0.39 is 5.41 Å². The van der Waals surface area contributed by atoms with E-state index >= 15 is 0 Å². The molecule has 0 unspecified atom stereocenters.